The summed E-state index contributed by atoms with van der Waals surface area (Å²) in [7, 11) is 0. The molecule has 1 N–H and O–H groups in total. The molecule has 1 unspecified atom stereocenters. The number of hydrogen-bond donors (Lipinski definition) is 1. The Morgan fingerprint density at radius 1 is 1.33 bits per heavy atom. The SMILES string of the molecule is N#[N+]CC1([O-])C(=O)N/C(=C\c2ccccc2)C1=O. The minimum Gasteiger partial charge on any atom is -0.831 e. The van der Waals surface area contributed by atoms with Crippen LogP contribution >= 0.6 is 0 Å². The first-order valence-electron chi connectivity index (χ1n) is 5.22. The predicted molar refractivity (Wildman–Crippen MR) is 60.3 cm³/mol. The zero-order valence-electron chi connectivity index (χ0n) is 9.29. The van der Waals surface area contributed by atoms with Crippen molar-refractivity contribution < 1.29 is 14.7 Å². The highest BCUT2D eigenvalue weighted by molar-refractivity contribution is 6.25. The van der Waals surface area contributed by atoms with E-state index >= 15 is 0 Å². The fourth-order valence-electron chi connectivity index (χ4n) is 1.66. The molecule has 0 aliphatic carbocycles. The molecule has 1 saturated heterocycles. The van der Waals surface area contributed by atoms with Crippen LogP contribution in [0.5, 0.6) is 0 Å². The third-order valence-corrected chi connectivity index (χ3v) is 2.63. The van der Waals surface area contributed by atoms with Gasteiger partial charge in [0.2, 0.25) is 11.3 Å². The highest BCUT2D eigenvalue weighted by Crippen LogP contribution is 2.19. The number of ketones is 1. The molecule has 1 aromatic rings. The highest BCUT2D eigenvalue weighted by Gasteiger charge is 2.47. The quantitative estimate of drug-likeness (QED) is 0.437. The zero-order chi connectivity index (χ0) is 13.2. The third kappa shape index (κ3) is 1.87. The van der Waals surface area contributed by atoms with Gasteiger partial charge in [0.15, 0.2) is 5.78 Å². The molecule has 0 bridgehead atoms. The van der Waals surface area contributed by atoms with Crippen LogP contribution in [0.3, 0.4) is 0 Å². The van der Waals surface area contributed by atoms with Crippen LogP contribution in [-0.4, -0.2) is 23.8 Å². The minimum absolute atomic E-state index is 0.0788. The number of carbonyl (C=O) groups is 2. The maximum Gasteiger partial charge on any atom is 0.312 e. The topological polar surface area (TPSA) is 97.4 Å². The van der Waals surface area contributed by atoms with Gasteiger partial charge in [-0.25, -0.2) is 0 Å². The Bertz CT molecular complexity index is 574. The number of nitrogens with zero attached hydrogens (tertiary/aromatic N) is 2. The van der Waals surface area contributed by atoms with Crippen LogP contribution in [0, 0.1) is 5.39 Å². The van der Waals surface area contributed by atoms with Gasteiger partial charge >= 0.3 is 6.54 Å². The van der Waals surface area contributed by atoms with E-state index in [4.69, 9.17) is 5.39 Å². The number of carbonyl (C=O) groups excluding carboxylic acids is 2. The lowest BCUT2D eigenvalue weighted by Gasteiger charge is -2.20. The summed E-state index contributed by atoms with van der Waals surface area (Å²) in [5, 5.41) is 22.5. The summed E-state index contributed by atoms with van der Waals surface area (Å²) in [5.74, 6) is -1.90. The van der Waals surface area contributed by atoms with Crippen LogP contribution in [0.2, 0.25) is 0 Å². The van der Waals surface area contributed by atoms with Crippen LogP contribution in [0.4, 0.5) is 0 Å². The lowest BCUT2D eigenvalue weighted by atomic mass is 9.99. The minimum atomic E-state index is -2.56. The molecule has 2 rings (SSSR count). The first-order chi connectivity index (χ1) is 8.58. The van der Waals surface area contributed by atoms with Gasteiger partial charge in [0.1, 0.15) is 10.6 Å². The summed E-state index contributed by atoms with van der Waals surface area (Å²) in [5.41, 5.74) is -1.95. The van der Waals surface area contributed by atoms with Gasteiger partial charge in [0.05, 0.1) is 5.70 Å². The molecule has 1 aliphatic rings. The van der Waals surface area contributed by atoms with Crippen molar-refractivity contribution in [1.29, 1.82) is 5.39 Å². The zero-order valence-corrected chi connectivity index (χ0v) is 9.29. The first-order valence-corrected chi connectivity index (χ1v) is 5.22. The molecule has 1 atom stereocenters. The van der Waals surface area contributed by atoms with Crippen LogP contribution in [0.1, 0.15) is 5.56 Å². The Labute approximate surface area is 103 Å². The average molecular weight is 243 g/mol. The van der Waals surface area contributed by atoms with Gasteiger partial charge < -0.3 is 10.4 Å². The second-order valence-corrected chi connectivity index (χ2v) is 3.88. The van der Waals surface area contributed by atoms with Crippen molar-refractivity contribution in [3.05, 3.63) is 46.6 Å². The van der Waals surface area contributed by atoms with Crippen LogP contribution in [0.25, 0.3) is 11.1 Å². The second-order valence-electron chi connectivity index (χ2n) is 3.88. The molecule has 0 saturated carbocycles. The van der Waals surface area contributed by atoms with E-state index in [1.54, 1.807) is 30.3 Å². The van der Waals surface area contributed by atoms with Crippen molar-refractivity contribution in [3.8, 4) is 0 Å². The van der Waals surface area contributed by atoms with E-state index in [-0.39, 0.29) is 5.70 Å². The van der Waals surface area contributed by atoms with Gasteiger partial charge in [-0.05, 0) is 11.6 Å². The first kappa shape index (κ1) is 12.0. The molecule has 1 fully saturated rings. The Balaban J connectivity index is 2.35. The number of benzene rings is 1. The maximum absolute atomic E-state index is 11.9. The Kier molecular flexibility index (Phi) is 2.92. The Morgan fingerprint density at radius 2 is 2.00 bits per heavy atom. The molecule has 1 amide bonds. The molecule has 0 spiro atoms. The van der Waals surface area contributed by atoms with E-state index < -0.39 is 23.8 Å². The summed E-state index contributed by atoms with van der Waals surface area (Å²) in [4.78, 5) is 25.8. The van der Waals surface area contributed by atoms with E-state index in [0.717, 1.165) is 0 Å². The molecule has 18 heavy (non-hydrogen) atoms. The van der Waals surface area contributed by atoms with Gasteiger partial charge in [-0.1, -0.05) is 30.3 Å². The van der Waals surface area contributed by atoms with E-state index in [2.05, 4.69) is 10.3 Å². The highest BCUT2D eigenvalue weighted by atomic mass is 16.3. The molecular weight excluding hydrogens is 234 g/mol. The van der Waals surface area contributed by atoms with E-state index in [9.17, 15) is 14.7 Å². The van der Waals surface area contributed by atoms with E-state index in [0.29, 0.717) is 5.56 Å². The summed E-state index contributed by atoms with van der Waals surface area (Å²) in [6.07, 6.45) is 1.41. The van der Waals surface area contributed by atoms with Crippen molar-refractivity contribution in [3.63, 3.8) is 0 Å². The number of rotatable bonds is 2. The lowest BCUT2D eigenvalue weighted by Crippen LogP contribution is -2.57. The van der Waals surface area contributed by atoms with Crippen LogP contribution in [0.15, 0.2) is 36.0 Å². The third-order valence-electron chi connectivity index (χ3n) is 2.63. The van der Waals surface area contributed by atoms with Gasteiger partial charge in [0.25, 0.3) is 0 Å². The number of hydrogen-bond acceptors (Lipinski definition) is 4. The summed E-state index contributed by atoms with van der Waals surface area (Å²) in [6, 6.07) is 8.79. The Morgan fingerprint density at radius 3 is 2.61 bits per heavy atom. The van der Waals surface area contributed by atoms with Gasteiger partial charge in [-0.2, -0.15) is 0 Å². The number of diazo groups is 1. The monoisotopic (exact) mass is 243 g/mol. The van der Waals surface area contributed by atoms with Crippen LogP contribution < -0.4 is 10.4 Å². The fraction of sp³-hybridized carbons (Fsp3) is 0.167. The maximum atomic E-state index is 11.9. The molecule has 0 radical (unpaired) electrons. The van der Waals surface area contributed by atoms with Crippen molar-refractivity contribution in [2.45, 2.75) is 5.60 Å². The largest absolute Gasteiger partial charge is 0.831 e. The molecule has 0 aromatic heterocycles. The van der Waals surface area contributed by atoms with Crippen molar-refractivity contribution in [1.82, 2.24) is 5.32 Å². The number of Topliss-reactive ketones (excluding diaryl/α,β-unsaturated/α-hetero) is 1. The molecule has 6 heteroatoms. The smallest absolute Gasteiger partial charge is 0.312 e. The predicted octanol–water partition coefficient (Wildman–Crippen LogP) is -0.321. The molecule has 1 heterocycles. The molecule has 6 nitrogen and oxygen atoms in total. The molecular formula is C12H9N3O3. The van der Waals surface area contributed by atoms with Crippen LogP contribution in [-0.2, 0) is 9.59 Å². The standard InChI is InChI=1S/C12H9N3O3/c13-14-7-12(18)10(16)9(15-11(12)17)6-8-4-2-1-3-5-8/h1-6H,7H2,(H,15,17)/b9-6-. The normalized spacial score (nSPS) is 25.0. The molecule has 1 aromatic carbocycles. The van der Waals surface area contributed by atoms with Gasteiger partial charge in [0, 0.05) is 0 Å². The van der Waals surface area contributed by atoms with Crippen molar-refractivity contribution in [2.75, 3.05) is 6.54 Å². The number of amides is 1. The van der Waals surface area contributed by atoms with Gasteiger partial charge in [-0.15, -0.1) is 0 Å². The molecule has 90 valence electrons. The van der Waals surface area contributed by atoms with E-state index in [1.165, 1.54) is 6.08 Å². The number of nitrogens with one attached hydrogen (secondary N) is 1. The summed E-state index contributed by atoms with van der Waals surface area (Å²) >= 11 is 0. The average Bonchev–Trinajstić information content (AvgIpc) is 2.56. The Hall–Kier alpha value is -2.52. The summed E-state index contributed by atoms with van der Waals surface area (Å²) in [6.45, 7) is -0.788. The fourth-order valence-corrected chi connectivity index (χ4v) is 1.66. The molecule has 1 aliphatic heterocycles. The second kappa shape index (κ2) is 4.39. The van der Waals surface area contributed by atoms with Gasteiger partial charge in [-0.3, -0.25) is 9.59 Å². The summed E-state index contributed by atoms with van der Waals surface area (Å²) < 4.78 is 0. The van der Waals surface area contributed by atoms with Crippen molar-refractivity contribution >= 4 is 17.8 Å². The van der Waals surface area contributed by atoms with E-state index in [1.807, 2.05) is 0 Å². The lowest BCUT2D eigenvalue weighted by molar-refractivity contribution is -0.431. The van der Waals surface area contributed by atoms with Crippen molar-refractivity contribution in [2.24, 2.45) is 0 Å².